The van der Waals surface area contributed by atoms with Crippen LogP contribution >= 0.6 is 23.2 Å². The van der Waals surface area contributed by atoms with E-state index in [1.54, 1.807) is 0 Å². The van der Waals surface area contributed by atoms with Crippen molar-refractivity contribution < 1.29 is 0 Å². The van der Waals surface area contributed by atoms with Crippen molar-refractivity contribution in [1.82, 2.24) is 9.55 Å². The van der Waals surface area contributed by atoms with Gasteiger partial charge in [-0.2, -0.15) is 0 Å². The molecule has 0 radical (unpaired) electrons. The Kier molecular flexibility index (Phi) is 3.96. The molecule has 0 bridgehead atoms. The van der Waals surface area contributed by atoms with Gasteiger partial charge in [-0.25, -0.2) is 4.98 Å². The molecule has 1 unspecified atom stereocenters. The molecular weight excluding hydrogens is 223 g/mol. The maximum absolute atomic E-state index is 11.6. The van der Waals surface area contributed by atoms with Gasteiger partial charge in [0.05, 0.1) is 6.33 Å². The van der Waals surface area contributed by atoms with Crippen molar-refractivity contribution in [3.05, 3.63) is 26.9 Å². The van der Waals surface area contributed by atoms with Gasteiger partial charge in [0.25, 0.3) is 5.56 Å². The van der Waals surface area contributed by atoms with Gasteiger partial charge in [-0.3, -0.25) is 9.36 Å². The number of nitrogens with zero attached hydrogens (tertiary/aromatic N) is 2. The molecule has 1 aromatic heterocycles. The van der Waals surface area contributed by atoms with Crippen LogP contribution in [0, 0.1) is 0 Å². The molecule has 3 nitrogen and oxygen atoms in total. The van der Waals surface area contributed by atoms with Crippen LogP contribution in [0.5, 0.6) is 0 Å². The average molecular weight is 235 g/mol. The van der Waals surface area contributed by atoms with Gasteiger partial charge in [-0.1, -0.05) is 36.5 Å². The minimum absolute atomic E-state index is 0.00267. The standard InChI is InChI=1S/C9H12Cl2N2O/c1-3-4-6(2)13-5-12-8(11)7(10)9(13)14/h5-6H,3-4H2,1-2H3. The van der Waals surface area contributed by atoms with E-state index in [4.69, 9.17) is 23.2 Å². The summed E-state index contributed by atoms with van der Waals surface area (Å²) in [5.74, 6) is 0. The van der Waals surface area contributed by atoms with E-state index < -0.39 is 0 Å². The minimum atomic E-state index is -0.271. The Hall–Kier alpha value is -0.540. The molecule has 0 aliphatic heterocycles. The monoisotopic (exact) mass is 234 g/mol. The fourth-order valence-corrected chi connectivity index (χ4v) is 1.57. The molecule has 1 atom stereocenters. The van der Waals surface area contributed by atoms with Crippen molar-refractivity contribution in [3.8, 4) is 0 Å². The summed E-state index contributed by atoms with van der Waals surface area (Å²) < 4.78 is 1.51. The SMILES string of the molecule is CCCC(C)n1cnc(Cl)c(Cl)c1=O. The zero-order valence-electron chi connectivity index (χ0n) is 8.13. The molecule has 0 N–H and O–H groups in total. The van der Waals surface area contributed by atoms with Gasteiger partial charge in [-0.05, 0) is 13.3 Å². The van der Waals surface area contributed by atoms with E-state index in [1.165, 1.54) is 10.9 Å². The molecule has 0 aromatic carbocycles. The Balaban J connectivity index is 3.11. The number of aromatic nitrogens is 2. The second-order valence-electron chi connectivity index (χ2n) is 3.20. The number of halogens is 2. The topological polar surface area (TPSA) is 34.9 Å². The molecule has 0 saturated heterocycles. The third-order valence-electron chi connectivity index (χ3n) is 2.08. The Morgan fingerprint density at radius 2 is 2.21 bits per heavy atom. The van der Waals surface area contributed by atoms with Crippen LogP contribution in [-0.4, -0.2) is 9.55 Å². The van der Waals surface area contributed by atoms with Crippen LogP contribution in [0.4, 0.5) is 0 Å². The normalized spacial score (nSPS) is 12.9. The van der Waals surface area contributed by atoms with Crippen LogP contribution < -0.4 is 5.56 Å². The van der Waals surface area contributed by atoms with E-state index in [1.807, 2.05) is 6.92 Å². The second-order valence-corrected chi connectivity index (χ2v) is 3.94. The lowest BCUT2D eigenvalue weighted by molar-refractivity contribution is 0.480. The molecule has 78 valence electrons. The van der Waals surface area contributed by atoms with Crippen molar-refractivity contribution in [3.63, 3.8) is 0 Å². The van der Waals surface area contributed by atoms with E-state index in [2.05, 4.69) is 11.9 Å². The first kappa shape index (κ1) is 11.5. The average Bonchev–Trinajstić information content (AvgIpc) is 2.15. The van der Waals surface area contributed by atoms with Crippen LogP contribution in [0.2, 0.25) is 10.2 Å². The number of hydrogen-bond donors (Lipinski definition) is 0. The van der Waals surface area contributed by atoms with Crippen molar-refractivity contribution in [2.75, 3.05) is 0 Å². The minimum Gasteiger partial charge on any atom is -0.295 e. The molecule has 1 heterocycles. The van der Waals surface area contributed by atoms with Crippen molar-refractivity contribution >= 4 is 23.2 Å². The molecular formula is C9H12Cl2N2O. The largest absolute Gasteiger partial charge is 0.295 e. The van der Waals surface area contributed by atoms with Gasteiger partial charge in [0.2, 0.25) is 0 Å². The Morgan fingerprint density at radius 1 is 1.57 bits per heavy atom. The Bertz CT molecular complexity index is 376. The highest BCUT2D eigenvalue weighted by atomic mass is 35.5. The van der Waals surface area contributed by atoms with Gasteiger partial charge in [0, 0.05) is 6.04 Å². The van der Waals surface area contributed by atoms with Crippen LogP contribution in [0.3, 0.4) is 0 Å². The van der Waals surface area contributed by atoms with Gasteiger partial charge in [-0.15, -0.1) is 0 Å². The zero-order chi connectivity index (χ0) is 10.7. The lowest BCUT2D eigenvalue weighted by Gasteiger charge is -2.13. The van der Waals surface area contributed by atoms with E-state index in [0.29, 0.717) is 0 Å². The highest BCUT2D eigenvalue weighted by Gasteiger charge is 2.11. The van der Waals surface area contributed by atoms with Gasteiger partial charge in [0.15, 0.2) is 5.15 Å². The third-order valence-corrected chi connectivity index (χ3v) is 2.80. The molecule has 0 aliphatic carbocycles. The predicted molar refractivity (Wildman–Crippen MR) is 58.1 cm³/mol. The lowest BCUT2D eigenvalue weighted by atomic mass is 10.2. The highest BCUT2D eigenvalue weighted by molar-refractivity contribution is 6.40. The lowest BCUT2D eigenvalue weighted by Crippen LogP contribution is -2.24. The molecule has 5 heteroatoms. The third kappa shape index (κ3) is 2.28. The summed E-state index contributed by atoms with van der Waals surface area (Å²) in [5.41, 5.74) is -0.271. The van der Waals surface area contributed by atoms with Gasteiger partial charge < -0.3 is 0 Å². The Morgan fingerprint density at radius 3 is 2.79 bits per heavy atom. The number of rotatable bonds is 3. The summed E-state index contributed by atoms with van der Waals surface area (Å²) in [7, 11) is 0. The maximum Gasteiger partial charge on any atom is 0.273 e. The summed E-state index contributed by atoms with van der Waals surface area (Å²) in [6.07, 6.45) is 3.37. The summed E-state index contributed by atoms with van der Waals surface area (Å²) in [5, 5.41) is 0.0636. The first-order valence-electron chi connectivity index (χ1n) is 4.50. The molecule has 0 fully saturated rings. The summed E-state index contributed by atoms with van der Waals surface area (Å²) in [6, 6.07) is 0.106. The number of hydrogen-bond acceptors (Lipinski definition) is 2. The quantitative estimate of drug-likeness (QED) is 0.755. The van der Waals surface area contributed by atoms with Gasteiger partial charge >= 0.3 is 0 Å². The molecule has 0 spiro atoms. The van der Waals surface area contributed by atoms with Crippen molar-refractivity contribution in [2.45, 2.75) is 32.7 Å². The highest BCUT2D eigenvalue weighted by Crippen LogP contribution is 2.16. The molecule has 0 saturated carbocycles. The van der Waals surface area contributed by atoms with E-state index in [-0.39, 0.29) is 21.8 Å². The van der Waals surface area contributed by atoms with Crippen LogP contribution in [0.25, 0.3) is 0 Å². The summed E-state index contributed by atoms with van der Waals surface area (Å²) >= 11 is 11.3. The first-order valence-corrected chi connectivity index (χ1v) is 5.25. The fourth-order valence-electron chi connectivity index (χ4n) is 1.29. The van der Waals surface area contributed by atoms with Crippen molar-refractivity contribution in [1.29, 1.82) is 0 Å². The predicted octanol–water partition coefficient (Wildman–Crippen LogP) is 2.91. The van der Waals surface area contributed by atoms with Crippen LogP contribution in [-0.2, 0) is 0 Å². The first-order chi connectivity index (χ1) is 6.57. The van der Waals surface area contributed by atoms with Crippen LogP contribution in [0.1, 0.15) is 32.7 Å². The zero-order valence-corrected chi connectivity index (χ0v) is 9.64. The molecule has 0 amide bonds. The second kappa shape index (κ2) is 4.80. The summed E-state index contributed by atoms with van der Waals surface area (Å²) in [4.78, 5) is 15.5. The maximum atomic E-state index is 11.6. The molecule has 0 aliphatic rings. The smallest absolute Gasteiger partial charge is 0.273 e. The molecule has 14 heavy (non-hydrogen) atoms. The molecule has 1 aromatic rings. The summed E-state index contributed by atoms with van der Waals surface area (Å²) in [6.45, 7) is 4.02. The molecule has 1 rings (SSSR count). The van der Waals surface area contributed by atoms with E-state index in [9.17, 15) is 4.79 Å². The van der Waals surface area contributed by atoms with Crippen molar-refractivity contribution in [2.24, 2.45) is 0 Å². The van der Waals surface area contributed by atoms with E-state index in [0.717, 1.165) is 12.8 Å². The van der Waals surface area contributed by atoms with E-state index >= 15 is 0 Å². The fraction of sp³-hybridized carbons (Fsp3) is 0.556. The van der Waals surface area contributed by atoms with Gasteiger partial charge in [0.1, 0.15) is 5.02 Å². The Labute approximate surface area is 92.7 Å². The van der Waals surface area contributed by atoms with Crippen LogP contribution in [0.15, 0.2) is 11.1 Å².